The van der Waals surface area contributed by atoms with E-state index < -0.39 is 0 Å². The Morgan fingerprint density at radius 3 is 2.67 bits per heavy atom. The molecule has 46 valence electrons. The zero-order chi connectivity index (χ0) is 6.69. The summed E-state index contributed by atoms with van der Waals surface area (Å²) in [7, 11) is 0. The average Bonchev–Trinajstić information content (AvgIpc) is 1.89. The van der Waals surface area contributed by atoms with Crippen LogP contribution in [0.15, 0.2) is 41.8 Å². The van der Waals surface area contributed by atoms with Crippen LogP contribution in [0.2, 0.25) is 0 Å². The second-order valence-corrected chi connectivity index (χ2v) is 1.68. The Bertz CT molecular complexity index is 189. The van der Waals surface area contributed by atoms with Crippen molar-refractivity contribution in [2.75, 3.05) is 0 Å². The molecule has 0 aromatic rings. The molecule has 0 aliphatic carbocycles. The van der Waals surface area contributed by atoms with Gasteiger partial charge in [0.15, 0.2) is 0 Å². The summed E-state index contributed by atoms with van der Waals surface area (Å²) in [6.07, 6.45) is 7.46. The SMILES string of the molecule is C=NN1C=CC=CC1=C. The van der Waals surface area contributed by atoms with E-state index in [9.17, 15) is 0 Å². The van der Waals surface area contributed by atoms with Gasteiger partial charge in [0.25, 0.3) is 0 Å². The van der Waals surface area contributed by atoms with Gasteiger partial charge in [0, 0.05) is 12.9 Å². The highest BCUT2D eigenvalue weighted by Gasteiger charge is 1.97. The summed E-state index contributed by atoms with van der Waals surface area (Å²) in [5, 5.41) is 5.29. The zero-order valence-corrected chi connectivity index (χ0v) is 5.12. The molecule has 0 aromatic heterocycles. The molecule has 0 atom stereocenters. The molecule has 1 heterocycles. The van der Waals surface area contributed by atoms with Crippen LogP contribution in [0.4, 0.5) is 0 Å². The van der Waals surface area contributed by atoms with E-state index in [1.54, 1.807) is 11.2 Å². The van der Waals surface area contributed by atoms with Crippen LogP contribution < -0.4 is 0 Å². The molecule has 1 aliphatic rings. The molecule has 0 aromatic carbocycles. The van der Waals surface area contributed by atoms with Gasteiger partial charge in [0.1, 0.15) is 0 Å². The molecule has 1 aliphatic heterocycles. The molecular formula is C7H8N2. The smallest absolute Gasteiger partial charge is 0.0573 e. The van der Waals surface area contributed by atoms with Crippen LogP contribution in [-0.4, -0.2) is 11.7 Å². The van der Waals surface area contributed by atoms with Crippen molar-refractivity contribution in [1.82, 2.24) is 5.01 Å². The van der Waals surface area contributed by atoms with Crippen molar-refractivity contribution in [2.45, 2.75) is 0 Å². The lowest BCUT2D eigenvalue weighted by molar-refractivity contribution is 0.517. The van der Waals surface area contributed by atoms with E-state index in [0.29, 0.717) is 0 Å². The van der Waals surface area contributed by atoms with E-state index >= 15 is 0 Å². The summed E-state index contributed by atoms with van der Waals surface area (Å²) in [5.41, 5.74) is 0.840. The molecule has 2 nitrogen and oxygen atoms in total. The molecule has 0 bridgehead atoms. The zero-order valence-electron chi connectivity index (χ0n) is 5.12. The normalized spacial score (nSPS) is 16.4. The van der Waals surface area contributed by atoms with Gasteiger partial charge >= 0.3 is 0 Å². The minimum Gasteiger partial charge on any atom is -0.242 e. The lowest BCUT2D eigenvalue weighted by Crippen LogP contribution is -2.07. The molecular weight excluding hydrogens is 112 g/mol. The molecule has 2 heteroatoms. The second-order valence-electron chi connectivity index (χ2n) is 1.68. The monoisotopic (exact) mass is 120 g/mol. The van der Waals surface area contributed by atoms with Crippen molar-refractivity contribution in [2.24, 2.45) is 5.10 Å². The number of hydrogen-bond acceptors (Lipinski definition) is 2. The summed E-state index contributed by atoms with van der Waals surface area (Å²) in [5.74, 6) is 0. The van der Waals surface area contributed by atoms with E-state index in [2.05, 4.69) is 18.4 Å². The Morgan fingerprint density at radius 2 is 2.22 bits per heavy atom. The van der Waals surface area contributed by atoms with Gasteiger partial charge in [-0.1, -0.05) is 12.7 Å². The van der Waals surface area contributed by atoms with Gasteiger partial charge in [-0.25, -0.2) is 5.01 Å². The first-order chi connectivity index (χ1) is 4.34. The lowest BCUT2D eigenvalue weighted by Gasteiger charge is -2.14. The van der Waals surface area contributed by atoms with Crippen molar-refractivity contribution in [3.05, 3.63) is 36.7 Å². The van der Waals surface area contributed by atoms with Crippen LogP contribution in [0.25, 0.3) is 0 Å². The Labute approximate surface area is 54.5 Å². The van der Waals surface area contributed by atoms with E-state index in [-0.39, 0.29) is 0 Å². The van der Waals surface area contributed by atoms with Crippen molar-refractivity contribution in [3.8, 4) is 0 Å². The van der Waals surface area contributed by atoms with E-state index in [4.69, 9.17) is 0 Å². The summed E-state index contributed by atoms with van der Waals surface area (Å²) in [4.78, 5) is 0. The highest BCUT2D eigenvalue weighted by atomic mass is 15.4. The molecule has 0 fully saturated rings. The standard InChI is InChI=1S/C7H8N2/c1-7-5-3-4-6-9(7)8-2/h3-6H,1-2H2. The first-order valence-corrected chi connectivity index (χ1v) is 2.64. The molecule has 0 amide bonds. The van der Waals surface area contributed by atoms with Crippen molar-refractivity contribution in [3.63, 3.8) is 0 Å². The van der Waals surface area contributed by atoms with Gasteiger partial charge in [-0.2, -0.15) is 5.10 Å². The highest BCUT2D eigenvalue weighted by Crippen LogP contribution is 2.08. The van der Waals surface area contributed by atoms with Crippen molar-refractivity contribution >= 4 is 6.72 Å². The molecule has 1 rings (SSSR count). The van der Waals surface area contributed by atoms with Crippen LogP contribution >= 0.6 is 0 Å². The molecule has 0 saturated carbocycles. The number of hydrogen-bond donors (Lipinski definition) is 0. The van der Waals surface area contributed by atoms with Gasteiger partial charge < -0.3 is 0 Å². The van der Waals surface area contributed by atoms with Crippen LogP contribution in [0.1, 0.15) is 0 Å². The van der Waals surface area contributed by atoms with Crippen molar-refractivity contribution in [1.29, 1.82) is 0 Å². The molecule has 0 radical (unpaired) electrons. The Balaban J connectivity index is 2.77. The molecule has 0 N–H and O–H groups in total. The molecule has 0 unspecified atom stereocenters. The highest BCUT2D eigenvalue weighted by molar-refractivity contribution is 5.29. The first kappa shape index (κ1) is 5.82. The van der Waals surface area contributed by atoms with Gasteiger partial charge in [-0.3, -0.25) is 0 Å². The number of nitrogens with zero attached hydrogens (tertiary/aromatic N) is 2. The van der Waals surface area contributed by atoms with Gasteiger partial charge in [-0.15, -0.1) is 0 Å². The minimum atomic E-state index is 0.840. The maximum absolute atomic E-state index is 3.72. The topological polar surface area (TPSA) is 15.6 Å². The van der Waals surface area contributed by atoms with Gasteiger partial charge in [0.2, 0.25) is 0 Å². The van der Waals surface area contributed by atoms with E-state index in [0.717, 1.165) is 5.70 Å². The van der Waals surface area contributed by atoms with E-state index in [1.807, 2.05) is 18.2 Å². The molecule has 0 saturated heterocycles. The number of rotatable bonds is 1. The quantitative estimate of drug-likeness (QED) is 0.479. The van der Waals surface area contributed by atoms with Crippen LogP contribution in [0.5, 0.6) is 0 Å². The third kappa shape index (κ3) is 1.08. The Kier molecular flexibility index (Phi) is 1.49. The largest absolute Gasteiger partial charge is 0.242 e. The predicted octanol–water partition coefficient (Wildman–Crippen LogP) is 1.50. The van der Waals surface area contributed by atoms with Crippen molar-refractivity contribution < 1.29 is 0 Å². The van der Waals surface area contributed by atoms with Crippen LogP contribution in [-0.2, 0) is 0 Å². The summed E-state index contributed by atoms with van der Waals surface area (Å²) < 4.78 is 0. The summed E-state index contributed by atoms with van der Waals surface area (Å²) in [6, 6.07) is 0. The molecule has 9 heavy (non-hydrogen) atoms. The fraction of sp³-hybridized carbons (Fsp3) is 0. The fourth-order valence-electron chi connectivity index (χ4n) is 0.608. The fourth-order valence-corrected chi connectivity index (χ4v) is 0.608. The summed E-state index contributed by atoms with van der Waals surface area (Å²) in [6.45, 7) is 7.09. The van der Waals surface area contributed by atoms with Crippen LogP contribution in [0, 0.1) is 0 Å². The maximum atomic E-state index is 3.72. The maximum Gasteiger partial charge on any atom is 0.0573 e. The number of allylic oxidation sites excluding steroid dienone is 3. The second kappa shape index (κ2) is 2.31. The van der Waals surface area contributed by atoms with E-state index in [1.165, 1.54) is 0 Å². The summed E-state index contributed by atoms with van der Waals surface area (Å²) >= 11 is 0. The van der Waals surface area contributed by atoms with Gasteiger partial charge in [-0.05, 0) is 12.2 Å². The number of hydrazone groups is 1. The Hall–Kier alpha value is -1.31. The third-order valence-corrected chi connectivity index (χ3v) is 1.07. The first-order valence-electron chi connectivity index (χ1n) is 2.64. The third-order valence-electron chi connectivity index (χ3n) is 1.07. The lowest BCUT2D eigenvalue weighted by atomic mass is 10.3. The Morgan fingerprint density at radius 1 is 1.44 bits per heavy atom. The van der Waals surface area contributed by atoms with Gasteiger partial charge in [0.05, 0.1) is 5.70 Å². The van der Waals surface area contributed by atoms with Crippen LogP contribution in [0.3, 0.4) is 0 Å². The minimum absolute atomic E-state index is 0.840. The predicted molar refractivity (Wildman–Crippen MR) is 38.8 cm³/mol. The average molecular weight is 120 g/mol. The molecule has 0 spiro atoms.